The molecule has 1 atom stereocenters. The van der Waals surface area contributed by atoms with Crippen molar-refractivity contribution < 1.29 is 4.79 Å². The molecule has 0 saturated heterocycles. The van der Waals surface area contributed by atoms with Gasteiger partial charge in [0.1, 0.15) is 11.6 Å². The molecule has 6 nitrogen and oxygen atoms in total. The highest BCUT2D eigenvalue weighted by atomic mass is 32.2. The fourth-order valence-electron chi connectivity index (χ4n) is 2.80. The Balaban J connectivity index is 1.60. The van der Waals surface area contributed by atoms with Gasteiger partial charge in [-0.2, -0.15) is 0 Å². The number of benzene rings is 1. The Bertz CT molecular complexity index is 701. The molecule has 7 heteroatoms. The summed E-state index contributed by atoms with van der Waals surface area (Å²) in [6.07, 6.45) is 3.13. The average molecular weight is 329 g/mol. The maximum Gasteiger partial charge on any atom is 0.230 e. The Morgan fingerprint density at radius 3 is 2.78 bits per heavy atom. The molecule has 0 spiro atoms. The molecule has 0 bridgehead atoms. The summed E-state index contributed by atoms with van der Waals surface area (Å²) in [4.78, 5) is 20.3. The number of nitrogens with one attached hydrogen (secondary N) is 1. The summed E-state index contributed by atoms with van der Waals surface area (Å²) < 4.78 is 0. The zero-order valence-corrected chi connectivity index (χ0v) is 13.5. The van der Waals surface area contributed by atoms with Crippen LogP contribution in [-0.2, 0) is 11.2 Å². The molecule has 5 N–H and O–H groups in total. The van der Waals surface area contributed by atoms with Gasteiger partial charge in [0.05, 0.1) is 11.8 Å². The van der Waals surface area contributed by atoms with Crippen molar-refractivity contribution in [1.82, 2.24) is 15.3 Å². The summed E-state index contributed by atoms with van der Waals surface area (Å²) in [7, 11) is 0. The van der Waals surface area contributed by atoms with Crippen LogP contribution in [-0.4, -0.2) is 21.6 Å². The number of rotatable bonds is 4. The van der Waals surface area contributed by atoms with Gasteiger partial charge in [0.15, 0.2) is 5.16 Å². The Kier molecular flexibility index (Phi) is 4.66. The van der Waals surface area contributed by atoms with E-state index in [1.165, 1.54) is 29.0 Å². The van der Waals surface area contributed by atoms with E-state index in [4.69, 9.17) is 11.5 Å². The van der Waals surface area contributed by atoms with Gasteiger partial charge in [-0.25, -0.2) is 9.97 Å². The van der Waals surface area contributed by atoms with E-state index in [2.05, 4.69) is 27.4 Å². The van der Waals surface area contributed by atoms with Crippen molar-refractivity contribution in [2.45, 2.75) is 30.5 Å². The molecule has 23 heavy (non-hydrogen) atoms. The van der Waals surface area contributed by atoms with E-state index in [0.717, 1.165) is 19.3 Å². The van der Waals surface area contributed by atoms with Crippen molar-refractivity contribution in [3.8, 4) is 0 Å². The number of thioether (sulfide) groups is 1. The number of amides is 1. The van der Waals surface area contributed by atoms with Gasteiger partial charge >= 0.3 is 0 Å². The molecule has 120 valence electrons. The van der Waals surface area contributed by atoms with Crippen molar-refractivity contribution in [3.05, 3.63) is 41.5 Å². The molecule has 1 aromatic heterocycles. The van der Waals surface area contributed by atoms with Gasteiger partial charge in [-0.3, -0.25) is 4.79 Å². The zero-order chi connectivity index (χ0) is 16.2. The first-order valence-electron chi connectivity index (χ1n) is 7.52. The van der Waals surface area contributed by atoms with Crippen LogP contribution >= 0.6 is 11.8 Å². The molecule has 2 aromatic rings. The summed E-state index contributed by atoms with van der Waals surface area (Å²) in [6, 6.07) is 9.85. The fourth-order valence-corrected chi connectivity index (χ4v) is 3.48. The quantitative estimate of drug-likeness (QED) is 0.584. The number of carbonyl (C=O) groups is 1. The van der Waals surface area contributed by atoms with E-state index < -0.39 is 0 Å². The van der Waals surface area contributed by atoms with E-state index in [-0.39, 0.29) is 17.7 Å². The van der Waals surface area contributed by atoms with Crippen molar-refractivity contribution in [1.29, 1.82) is 0 Å². The van der Waals surface area contributed by atoms with Crippen LogP contribution in [0.3, 0.4) is 0 Å². The van der Waals surface area contributed by atoms with E-state index in [9.17, 15) is 4.79 Å². The van der Waals surface area contributed by atoms with Crippen LogP contribution in [0, 0.1) is 0 Å². The zero-order valence-electron chi connectivity index (χ0n) is 12.7. The van der Waals surface area contributed by atoms with Crippen LogP contribution in [0.2, 0.25) is 0 Å². The second kappa shape index (κ2) is 6.87. The summed E-state index contributed by atoms with van der Waals surface area (Å²) >= 11 is 1.23. The van der Waals surface area contributed by atoms with Crippen LogP contribution in [0.5, 0.6) is 0 Å². The van der Waals surface area contributed by atoms with Gasteiger partial charge < -0.3 is 16.8 Å². The van der Waals surface area contributed by atoms with E-state index in [1.54, 1.807) is 0 Å². The Labute approximate surface area is 139 Å². The minimum absolute atomic E-state index is 0.0405. The van der Waals surface area contributed by atoms with Gasteiger partial charge in [-0.15, -0.1) is 0 Å². The van der Waals surface area contributed by atoms with Gasteiger partial charge in [-0.05, 0) is 30.4 Å². The Morgan fingerprint density at radius 2 is 2.00 bits per heavy atom. The van der Waals surface area contributed by atoms with Gasteiger partial charge in [0.25, 0.3) is 0 Å². The second-order valence-corrected chi connectivity index (χ2v) is 6.44. The lowest BCUT2D eigenvalue weighted by molar-refractivity contribution is -0.119. The standard InChI is InChI=1S/C16H19N5OS/c17-13-8-14(18)21-16(20-13)23-9-15(22)19-12-7-3-5-10-4-1-2-6-11(10)12/h1-2,4,6,8,12H,3,5,7,9H2,(H,19,22)(H4,17,18,20,21)/t12-/m1/s1. The largest absolute Gasteiger partial charge is 0.383 e. The number of aryl methyl sites for hydroxylation is 1. The fraction of sp³-hybridized carbons (Fsp3) is 0.312. The third-order valence-corrected chi connectivity index (χ3v) is 4.63. The Morgan fingerprint density at radius 1 is 1.26 bits per heavy atom. The predicted molar refractivity (Wildman–Crippen MR) is 91.8 cm³/mol. The number of hydrogen-bond acceptors (Lipinski definition) is 6. The highest BCUT2D eigenvalue weighted by molar-refractivity contribution is 7.99. The molecule has 0 fully saturated rings. The number of anilines is 2. The second-order valence-electron chi connectivity index (χ2n) is 5.50. The number of carbonyl (C=O) groups excluding carboxylic acids is 1. The molecule has 1 aliphatic rings. The van der Waals surface area contributed by atoms with E-state index in [0.29, 0.717) is 16.8 Å². The topological polar surface area (TPSA) is 107 Å². The molecule has 1 aromatic carbocycles. The molecule has 0 saturated carbocycles. The third-order valence-electron chi connectivity index (χ3n) is 3.78. The van der Waals surface area contributed by atoms with E-state index in [1.807, 2.05) is 12.1 Å². The smallest absolute Gasteiger partial charge is 0.230 e. The Hall–Kier alpha value is -2.28. The molecule has 0 radical (unpaired) electrons. The molecule has 1 amide bonds. The van der Waals surface area contributed by atoms with Gasteiger partial charge in [0, 0.05) is 6.07 Å². The first kappa shape index (κ1) is 15.6. The number of nitrogens with two attached hydrogens (primary N) is 2. The third kappa shape index (κ3) is 3.92. The lowest BCUT2D eigenvalue weighted by atomic mass is 9.88. The minimum atomic E-state index is -0.0405. The van der Waals surface area contributed by atoms with E-state index >= 15 is 0 Å². The molecule has 0 aliphatic heterocycles. The molecule has 3 rings (SSSR count). The van der Waals surface area contributed by atoms with Crippen LogP contribution in [0.25, 0.3) is 0 Å². The maximum atomic E-state index is 12.2. The highest BCUT2D eigenvalue weighted by Gasteiger charge is 2.21. The number of nitrogens with zero attached hydrogens (tertiary/aromatic N) is 2. The van der Waals surface area contributed by atoms with Crippen molar-refractivity contribution in [3.63, 3.8) is 0 Å². The predicted octanol–water partition coefficient (Wildman–Crippen LogP) is 1.93. The minimum Gasteiger partial charge on any atom is -0.383 e. The molecule has 0 unspecified atom stereocenters. The van der Waals surface area contributed by atoms with Crippen LogP contribution < -0.4 is 16.8 Å². The first-order valence-corrected chi connectivity index (χ1v) is 8.50. The molecule has 1 heterocycles. The normalized spacial score (nSPS) is 16.6. The summed E-state index contributed by atoms with van der Waals surface area (Å²) in [6.45, 7) is 0. The van der Waals surface area contributed by atoms with Crippen LogP contribution in [0.1, 0.15) is 30.0 Å². The van der Waals surface area contributed by atoms with Gasteiger partial charge in [0.2, 0.25) is 5.91 Å². The monoisotopic (exact) mass is 329 g/mol. The maximum absolute atomic E-state index is 12.2. The van der Waals surface area contributed by atoms with Crippen LogP contribution in [0.4, 0.5) is 11.6 Å². The van der Waals surface area contributed by atoms with Crippen molar-refractivity contribution in [2.24, 2.45) is 0 Å². The molecule has 1 aliphatic carbocycles. The molecular formula is C16H19N5OS. The summed E-state index contributed by atoms with van der Waals surface area (Å²) in [5, 5.41) is 3.51. The van der Waals surface area contributed by atoms with Gasteiger partial charge in [-0.1, -0.05) is 36.0 Å². The van der Waals surface area contributed by atoms with Crippen molar-refractivity contribution >= 4 is 29.3 Å². The number of nitrogen functional groups attached to an aromatic ring is 2. The number of aromatic nitrogens is 2. The number of fused-ring (bicyclic) bond motifs is 1. The van der Waals surface area contributed by atoms with Crippen LogP contribution in [0.15, 0.2) is 35.5 Å². The SMILES string of the molecule is Nc1cc(N)nc(SCC(=O)N[C@@H]2CCCc3ccccc32)n1. The first-order chi connectivity index (χ1) is 11.1. The average Bonchev–Trinajstić information content (AvgIpc) is 2.52. The van der Waals surface area contributed by atoms with Crippen molar-refractivity contribution in [2.75, 3.05) is 17.2 Å². The lowest BCUT2D eigenvalue weighted by Gasteiger charge is -2.26. The summed E-state index contributed by atoms with van der Waals surface area (Å²) in [5.74, 6) is 0.811. The highest BCUT2D eigenvalue weighted by Crippen LogP contribution is 2.29. The summed E-state index contributed by atoms with van der Waals surface area (Å²) in [5.41, 5.74) is 13.8. The molecular weight excluding hydrogens is 310 g/mol. The number of hydrogen-bond donors (Lipinski definition) is 3. The lowest BCUT2D eigenvalue weighted by Crippen LogP contribution is -2.32.